The second-order valence-electron chi connectivity index (χ2n) is 4.70. The summed E-state index contributed by atoms with van der Waals surface area (Å²) in [6, 6.07) is 14.0. The molecule has 0 unspecified atom stereocenters. The van der Waals surface area contributed by atoms with Gasteiger partial charge in [-0.05, 0) is 23.8 Å². The van der Waals surface area contributed by atoms with Gasteiger partial charge in [0.2, 0.25) is 0 Å². The van der Waals surface area contributed by atoms with Crippen LogP contribution in [0.15, 0.2) is 54.7 Å². The molecule has 0 aliphatic rings. The normalized spacial score (nSPS) is 10.8. The summed E-state index contributed by atoms with van der Waals surface area (Å²) in [4.78, 5) is 0. The molecular weight excluding hydrogens is 289 g/mol. The number of nitrogens with two attached hydrogens (primary N) is 1. The summed E-state index contributed by atoms with van der Waals surface area (Å²) in [5.41, 5.74) is 8.16. The van der Waals surface area contributed by atoms with Gasteiger partial charge < -0.3 is 5.73 Å². The van der Waals surface area contributed by atoms with E-state index < -0.39 is 0 Å². The first-order valence-corrected chi connectivity index (χ1v) is 6.84. The zero-order valence-electron chi connectivity index (χ0n) is 11.1. The molecule has 0 bridgehead atoms. The first-order valence-electron chi connectivity index (χ1n) is 6.46. The lowest BCUT2D eigenvalue weighted by Crippen LogP contribution is -2.01. The summed E-state index contributed by atoms with van der Waals surface area (Å²) < 4.78 is 15.5. The first kappa shape index (κ1) is 13.6. The molecule has 1 aromatic heterocycles. The maximum absolute atomic E-state index is 13.8. The number of nitrogens with zero attached hydrogens (tertiary/aromatic N) is 2. The van der Waals surface area contributed by atoms with Gasteiger partial charge in [0.25, 0.3) is 0 Å². The Morgan fingerprint density at radius 2 is 1.81 bits per heavy atom. The summed E-state index contributed by atoms with van der Waals surface area (Å²) in [5, 5.41) is 5.04. The number of hydrogen-bond donors (Lipinski definition) is 1. The van der Waals surface area contributed by atoms with Crippen molar-refractivity contribution in [3.8, 4) is 11.3 Å². The first-order chi connectivity index (χ1) is 10.1. The zero-order chi connectivity index (χ0) is 14.8. The molecule has 0 aliphatic heterocycles. The Bertz CT molecular complexity index is 783. The molecule has 0 saturated carbocycles. The topological polar surface area (TPSA) is 43.8 Å². The molecule has 0 saturated heterocycles. The SMILES string of the molecule is Nc1cn(Cc2ccccc2Cl)nc1-c1ccccc1F. The van der Waals surface area contributed by atoms with Crippen LogP contribution in [0.1, 0.15) is 5.56 Å². The molecule has 3 nitrogen and oxygen atoms in total. The van der Waals surface area contributed by atoms with Gasteiger partial charge >= 0.3 is 0 Å². The van der Waals surface area contributed by atoms with Gasteiger partial charge in [0.1, 0.15) is 11.5 Å². The quantitative estimate of drug-likeness (QED) is 0.795. The number of halogens is 2. The third-order valence-corrected chi connectivity index (χ3v) is 3.58. The minimum Gasteiger partial charge on any atom is -0.396 e. The number of aromatic nitrogens is 2. The number of rotatable bonds is 3. The lowest BCUT2D eigenvalue weighted by Gasteiger charge is -2.04. The average molecular weight is 302 g/mol. The molecule has 2 aromatic carbocycles. The standard InChI is InChI=1S/C16H13ClFN3/c17-13-7-3-1-5-11(13)9-21-10-15(19)16(20-21)12-6-2-4-8-14(12)18/h1-8,10H,9,19H2. The largest absolute Gasteiger partial charge is 0.396 e. The Kier molecular flexibility index (Phi) is 3.62. The molecule has 3 rings (SSSR count). The minimum absolute atomic E-state index is 0.341. The van der Waals surface area contributed by atoms with Crippen LogP contribution in [0.3, 0.4) is 0 Å². The van der Waals surface area contributed by atoms with Crippen LogP contribution in [-0.4, -0.2) is 9.78 Å². The Hall–Kier alpha value is -2.33. The van der Waals surface area contributed by atoms with E-state index in [1.165, 1.54) is 6.07 Å². The van der Waals surface area contributed by atoms with E-state index in [9.17, 15) is 4.39 Å². The van der Waals surface area contributed by atoms with Crippen molar-refractivity contribution in [2.75, 3.05) is 5.73 Å². The van der Waals surface area contributed by atoms with E-state index in [0.29, 0.717) is 28.5 Å². The highest BCUT2D eigenvalue weighted by Gasteiger charge is 2.13. The molecule has 0 aliphatic carbocycles. The van der Waals surface area contributed by atoms with Gasteiger partial charge in [0.15, 0.2) is 0 Å². The van der Waals surface area contributed by atoms with Crippen molar-refractivity contribution in [3.63, 3.8) is 0 Å². The molecule has 0 atom stereocenters. The summed E-state index contributed by atoms with van der Waals surface area (Å²) in [5.74, 6) is -0.341. The van der Waals surface area contributed by atoms with Crippen molar-refractivity contribution in [3.05, 3.63) is 71.1 Å². The van der Waals surface area contributed by atoms with Crippen LogP contribution in [-0.2, 0) is 6.54 Å². The second-order valence-corrected chi connectivity index (χ2v) is 5.11. The Morgan fingerprint density at radius 3 is 2.57 bits per heavy atom. The van der Waals surface area contributed by atoms with Crippen LogP contribution < -0.4 is 5.73 Å². The monoisotopic (exact) mass is 301 g/mol. The summed E-state index contributed by atoms with van der Waals surface area (Å²) in [6.07, 6.45) is 1.69. The molecule has 5 heteroatoms. The van der Waals surface area contributed by atoms with Gasteiger partial charge in [-0.2, -0.15) is 5.10 Å². The summed E-state index contributed by atoms with van der Waals surface area (Å²) >= 11 is 6.13. The maximum atomic E-state index is 13.8. The van der Waals surface area contributed by atoms with Crippen molar-refractivity contribution < 1.29 is 4.39 Å². The number of benzene rings is 2. The molecule has 0 spiro atoms. The fraction of sp³-hybridized carbons (Fsp3) is 0.0625. The third-order valence-electron chi connectivity index (χ3n) is 3.21. The molecule has 3 aromatic rings. The van der Waals surface area contributed by atoms with E-state index in [4.69, 9.17) is 17.3 Å². The van der Waals surface area contributed by atoms with Crippen LogP contribution in [0.25, 0.3) is 11.3 Å². The predicted molar refractivity (Wildman–Crippen MR) is 82.6 cm³/mol. The Morgan fingerprint density at radius 1 is 1.10 bits per heavy atom. The lowest BCUT2D eigenvalue weighted by molar-refractivity contribution is 0.629. The molecule has 1 heterocycles. The van der Waals surface area contributed by atoms with E-state index in [1.807, 2.05) is 24.3 Å². The van der Waals surface area contributed by atoms with Crippen LogP contribution in [0.4, 0.5) is 10.1 Å². The van der Waals surface area contributed by atoms with Crippen LogP contribution >= 0.6 is 11.6 Å². The van der Waals surface area contributed by atoms with Gasteiger partial charge in [0.05, 0.1) is 12.2 Å². The molecular formula is C16H13ClFN3. The average Bonchev–Trinajstić information content (AvgIpc) is 2.83. The molecule has 21 heavy (non-hydrogen) atoms. The van der Waals surface area contributed by atoms with E-state index in [-0.39, 0.29) is 5.82 Å². The van der Waals surface area contributed by atoms with E-state index in [0.717, 1.165) is 5.56 Å². The fourth-order valence-corrected chi connectivity index (χ4v) is 2.38. The van der Waals surface area contributed by atoms with Gasteiger partial charge in [-0.15, -0.1) is 0 Å². The molecule has 0 fully saturated rings. The molecule has 0 amide bonds. The molecule has 0 radical (unpaired) electrons. The maximum Gasteiger partial charge on any atom is 0.132 e. The Balaban J connectivity index is 1.96. The van der Waals surface area contributed by atoms with Crippen molar-refractivity contribution in [2.24, 2.45) is 0 Å². The third kappa shape index (κ3) is 2.76. The highest BCUT2D eigenvalue weighted by atomic mass is 35.5. The highest BCUT2D eigenvalue weighted by Crippen LogP contribution is 2.27. The van der Waals surface area contributed by atoms with Gasteiger partial charge in [-0.1, -0.05) is 41.9 Å². The number of hydrogen-bond acceptors (Lipinski definition) is 2. The molecule has 106 valence electrons. The zero-order valence-corrected chi connectivity index (χ0v) is 11.9. The van der Waals surface area contributed by atoms with Crippen LogP contribution in [0.5, 0.6) is 0 Å². The highest BCUT2D eigenvalue weighted by molar-refractivity contribution is 6.31. The number of anilines is 1. The van der Waals surface area contributed by atoms with E-state index >= 15 is 0 Å². The van der Waals surface area contributed by atoms with Gasteiger partial charge in [0, 0.05) is 16.8 Å². The summed E-state index contributed by atoms with van der Waals surface area (Å²) in [6.45, 7) is 0.484. The van der Waals surface area contributed by atoms with Crippen molar-refractivity contribution >= 4 is 17.3 Å². The fourth-order valence-electron chi connectivity index (χ4n) is 2.18. The lowest BCUT2D eigenvalue weighted by atomic mass is 10.1. The predicted octanol–water partition coefficient (Wildman–Crippen LogP) is 3.97. The van der Waals surface area contributed by atoms with Crippen molar-refractivity contribution in [1.82, 2.24) is 9.78 Å². The Labute approximate surface area is 126 Å². The van der Waals surface area contributed by atoms with Gasteiger partial charge in [-0.25, -0.2) is 4.39 Å². The van der Waals surface area contributed by atoms with Crippen molar-refractivity contribution in [2.45, 2.75) is 6.54 Å². The van der Waals surface area contributed by atoms with Crippen LogP contribution in [0.2, 0.25) is 5.02 Å². The molecule has 2 N–H and O–H groups in total. The van der Waals surface area contributed by atoms with E-state index in [2.05, 4.69) is 5.10 Å². The minimum atomic E-state index is -0.341. The summed E-state index contributed by atoms with van der Waals surface area (Å²) in [7, 11) is 0. The second kappa shape index (κ2) is 5.58. The smallest absolute Gasteiger partial charge is 0.132 e. The van der Waals surface area contributed by atoms with Crippen LogP contribution in [0, 0.1) is 5.82 Å². The van der Waals surface area contributed by atoms with Gasteiger partial charge in [-0.3, -0.25) is 4.68 Å². The van der Waals surface area contributed by atoms with Crippen molar-refractivity contribution in [1.29, 1.82) is 0 Å². The number of nitrogen functional groups attached to an aromatic ring is 1. The van der Waals surface area contributed by atoms with E-state index in [1.54, 1.807) is 29.1 Å².